The molecule has 0 saturated heterocycles. The Kier molecular flexibility index (Phi) is 3.08. The molecule has 0 amide bonds. The Morgan fingerprint density at radius 2 is 2.45 bits per heavy atom. The van der Waals surface area contributed by atoms with E-state index in [2.05, 4.69) is 0 Å². The summed E-state index contributed by atoms with van der Waals surface area (Å²) in [6.07, 6.45) is 1.99. The molecule has 60 valence electrons. The Balaban J connectivity index is 2.69. The molecule has 0 bridgehead atoms. The van der Waals surface area contributed by atoms with E-state index in [1.807, 2.05) is 18.4 Å². The Hall–Kier alpha value is -0.350. The second-order valence-corrected chi connectivity index (χ2v) is 4.27. The molecule has 0 fully saturated rings. The maximum absolute atomic E-state index is 10.5. The van der Waals surface area contributed by atoms with Gasteiger partial charge in [0, 0.05) is 5.25 Å². The van der Waals surface area contributed by atoms with E-state index in [4.69, 9.17) is 5.11 Å². The van der Waals surface area contributed by atoms with Gasteiger partial charge in [-0.2, -0.15) is 0 Å². The normalized spacial score (nSPS) is 24.1. The number of aliphatic carboxylic acids is 1. The van der Waals surface area contributed by atoms with Gasteiger partial charge in [0.25, 0.3) is 0 Å². The van der Waals surface area contributed by atoms with Crippen LogP contribution in [0.3, 0.4) is 0 Å². The summed E-state index contributed by atoms with van der Waals surface area (Å²) in [5.74, 6) is -0.835. The molecule has 1 atom stereocenters. The van der Waals surface area contributed by atoms with Crippen LogP contribution in [0, 0.1) is 0 Å². The first-order valence-electron chi connectivity index (χ1n) is 3.12. The summed E-state index contributed by atoms with van der Waals surface area (Å²) >= 11 is 2.78. The number of hydrogen-bond acceptors (Lipinski definition) is 3. The van der Waals surface area contributed by atoms with Crippen LogP contribution in [0.4, 0.5) is 0 Å². The number of thioether (sulfide) groups is 2. The van der Waals surface area contributed by atoms with E-state index in [-0.39, 0.29) is 5.25 Å². The fourth-order valence-corrected chi connectivity index (χ4v) is 2.40. The van der Waals surface area contributed by atoms with Crippen molar-refractivity contribution in [1.29, 1.82) is 0 Å². The molecule has 1 rings (SSSR count). The maximum Gasteiger partial charge on any atom is 0.342 e. The van der Waals surface area contributed by atoms with Gasteiger partial charge in [0.15, 0.2) is 0 Å². The largest absolute Gasteiger partial charge is 0.477 e. The Morgan fingerprint density at radius 1 is 1.73 bits per heavy atom. The van der Waals surface area contributed by atoms with Crippen LogP contribution in [0.25, 0.3) is 0 Å². The molecule has 0 aromatic carbocycles. The van der Waals surface area contributed by atoms with E-state index in [0.717, 1.165) is 0 Å². The highest BCUT2D eigenvalue weighted by molar-refractivity contribution is 8.09. The minimum Gasteiger partial charge on any atom is -0.477 e. The molecular weight excluding hydrogens is 180 g/mol. The SMILES string of the molecule is CC1C=CSC=C(C(=O)O)S1. The number of rotatable bonds is 1. The highest BCUT2D eigenvalue weighted by atomic mass is 32.2. The summed E-state index contributed by atoms with van der Waals surface area (Å²) in [7, 11) is 0. The van der Waals surface area contributed by atoms with Crippen LogP contribution in [0.2, 0.25) is 0 Å². The van der Waals surface area contributed by atoms with Crippen molar-refractivity contribution in [3.8, 4) is 0 Å². The Morgan fingerprint density at radius 3 is 3.09 bits per heavy atom. The molecule has 1 N–H and O–H groups in total. The fraction of sp³-hybridized carbons (Fsp3) is 0.286. The minimum atomic E-state index is -0.835. The third-order valence-electron chi connectivity index (χ3n) is 1.13. The van der Waals surface area contributed by atoms with E-state index in [1.165, 1.54) is 23.5 Å². The number of hydrogen-bond donors (Lipinski definition) is 1. The van der Waals surface area contributed by atoms with Gasteiger partial charge in [0.05, 0.1) is 4.91 Å². The summed E-state index contributed by atoms with van der Waals surface area (Å²) in [6.45, 7) is 1.98. The predicted octanol–water partition coefficient (Wildman–Crippen LogP) is 2.29. The second-order valence-electron chi connectivity index (χ2n) is 2.07. The first kappa shape index (κ1) is 8.74. The van der Waals surface area contributed by atoms with Gasteiger partial charge >= 0.3 is 5.97 Å². The van der Waals surface area contributed by atoms with Crippen molar-refractivity contribution in [3.63, 3.8) is 0 Å². The van der Waals surface area contributed by atoms with E-state index in [1.54, 1.807) is 5.41 Å². The zero-order chi connectivity index (χ0) is 8.27. The lowest BCUT2D eigenvalue weighted by Crippen LogP contribution is -1.99. The van der Waals surface area contributed by atoms with Crippen LogP contribution >= 0.6 is 23.5 Å². The van der Waals surface area contributed by atoms with Gasteiger partial charge in [-0.25, -0.2) is 4.79 Å². The monoisotopic (exact) mass is 188 g/mol. The Bertz CT molecular complexity index is 220. The summed E-state index contributed by atoms with van der Waals surface area (Å²) in [5.41, 5.74) is 0. The lowest BCUT2D eigenvalue weighted by atomic mass is 10.5. The summed E-state index contributed by atoms with van der Waals surface area (Å²) in [4.78, 5) is 10.9. The minimum absolute atomic E-state index is 0.257. The van der Waals surface area contributed by atoms with Crippen LogP contribution in [-0.4, -0.2) is 16.3 Å². The molecule has 0 saturated carbocycles. The highest BCUT2D eigenvalue weighted by Gasteiger charge is 2.12. The molecular formula is C7H8O2S2. The quantitative estimate of drug-likeness (QED) is 0.685. The van der Waals surface area contributed by atoms with Crippen LogP contribution in [0.15, 0.2) is 21.8 Å². The van der Waals surface area contributed by atoms with Crippen molar-refractivity contribution in [2.75, 3.05) is 0 Å². The molecule has 0 aromatic heterocycles. The van der Waals surface area contributed by atoms with Crippen molar-refractivity contribution < 1.29 is 9.90 Å². The predicted molar refractivity (Wildman–Crippen MR) is 49.5 cm³/mol. The maximum atomic E-state index is 10.5. The van der Waals surface area contributed by atoms with Gasteiger partial charge in [0.2, 0.25) is 0 Å². The van der Waals surface area contributed by atoms with Crippen molar-refractivity contribution in [1.82, 2.24) is 0 Å². The van der Waals surface area contributed by atoms with Gasteiger partial charge in [-0.15, -0.1) is 23.5 Å². The Labute approximate surface area is 73.7 Å². The third-order valence-corrected chi connectivity index (χ3v) is 3.04. The third kappa shape index (κ3) is 2.63. The van der Waals surface area contributed by atoms with Gasteiger partial charge < -0.3 is 5.11 Å². The standard InChI is InChI=1S/C7H8O2S2/c1-5-2-3-10-4-6(11-5)7(8)9/h2-5H,1H3,(H,8,9). The first-order valence-corrected chi connectivity index (χ1v) is 4.94. The highest BCUT2D eigenvalue weighted by Crippen LogP contribution is 2.29. The summed E-state index contributed by atoms with van der Waals surface area (Å²) < 4.78 is 0. The van der Waals surface area contributed by atoms with Crippen molar-refractivity contribution in [3.05, 3.63) is 21.8 Å². The zero-order valence-corrected chi connectivity index (χ0v) is 7.61. The fourth-order valence-electron chi connectivity index (χ4n) is 0.625. The van der Waals surface area contributed by atoms with Crippen molar-refractivity contribution in [2.24, 2.45) is 0 Å². The molecule has 0 aliphatic carbocycles. The van der Waals surface area contributed by atoms with Crippen molar-refractivity contribution in [2.45, 2.75) is 12.2 Å². The number of carbonyl (C=O) groups is 1. The number of carboxylic acids is 1. The topological polar surface area (TPSA) is 37.3 Å². The molecule has 0 aromatic rings. The second kappa shape index (κ2) is 3.88. The van der Waals surface area contributed by atoms with Crippen LogP contribution in [-0.2, 0) is 4.79 Å². The van der Waals surface area contributed by atoms with Crippen molar-refractivity contribution >= 4 is 29.5 Å². The average Bonchev–Trinajstić information content (AvgIpc) is 2.13. The van der Waals surface area contributed by atoms with Crippen LogP contribution in [0.5, 0.6) is 0 Å². The molecule has 0 spiro atoms. The van der Waals surface area contributed by atoms with E-state index >= 15 is 0 Å². The lowest BCUT2D eigenvalue weighted by molar-refractivity contribution is -0.131. The average molecular weight is 188 g/mol. The molecule has 1 heterocycles. The molecule has 11 heavy (non-hydrogen) atoms. The van der Waals surface area contributed by atoms with Gasteiger partial charge in [-0.3, -0.25) is 0 Å². The zero-order valence-electron chi connectivity index (χ0n) is 5.98. The molecule has 1 aliphatic heterocycles. The van der Waals surface area contributed by atoms with E-state index in [0.29, 0.717) is 4.91 Å². The smallest absolute Gasteiger partial charge is 0.342 e. The van der Waals surface area contributed by atoms with Gasteiger partial charge in [0.1, 0.15) is 0 Å². The first-order chi connectivity index (χ1) is 5.20. The summed E-state index contributed by atoms with van der Waals surface area (Å²) in [6, 6.07) is 0. The van der Waals surface area contributed by atoms with Gasteiger partial charge in [-0.05, 0) is 17.7 Å². The van der Waals surface area contributed by atoms with E-state index in [9.17, 15) is 4.79 Å². The lowest BCUT2D eigenvalue weighted by Gasteiger charge is -2.02. The van der Waals surface area contributed by atoms with Gasteiger partial charge in [-0.1, -0.05) is 6.08 Å². The molecule has 1 aliphatic rings. The molecule has 1 unspecified atom stereocenters. The molecule has 4 heteroatoms. The molecule has 2 nitrogen and oxygen atoms in total. The van der Waals surface area contributed by atoms with Crippen LogP contribution in [0.1, 0.15) is 6.92 Å². The van der Waals surface area contributed by atoms with Crippen LogP contribution < -0.4 is 0 Å². The number of carboxylic acid groups (broad SMARTS) is 1. The molecule has 0 radical (unpaired) electrons. The van der Waals surface area contributed by atoms with E-state index < -0.39 is 5.97 Å². The summed E-state index contributed by atoms with van der Waals surface area (Å²) in [5, 5.41) is 12.5.